The first kappa shape index (κ1) is 18.5. The van der Waals surface area contributed by atoms with Gasteiger partial charge >= 0.3 is 0 Å². The Hall–Kier alpha value is -2.30. The van der Waals surface area contributed by atoms with Gasteiger partial charge in [0.15, 0.2) is 0 Å². The molecule has 4 unspecified atom stereocenters. The Bertz CT molecular complexity index is 1090. The number of rotatable bonds is 4. The second-order valence-corrected chi connectivity index (χ2v) is 9.81. The molecule has 30 heavy (non-hydrogen) atoms. The Morgan fingerprint density at radius 1 is 1.07 bits per heavy atom. The van der Waals surface area contributed by atoms with Crippen LogP contribution in [0.4, 0.5) is 0 Å². The number of aromatic nitrogens is 1. The number of phenolic OH excluding ortho intramolecular Hbond substituents is 1. The van der Waals surface area contributed by atoms with Gasteiger partial charge in [0, 0.05) is 29.7 Å². The highest BCUT2D eigenvalue weighted by Gasteiger charge is 2.40. The van der Waals surface area contributed by atoms with Crippen LogP contribution in [0.5, 0.6) is 5.75 Å². The molecule has 1 aromatic heterocycles. The molecule has 0 spiro atoms. The third-order valence-corrected chi connectivity index (χ3v) is 7.71. The van der Waals surface area contributed by atoms with E-state index in [1.807, 2.05) is 12.1 Å². The number of aliphatic hydroxyl groups is 1. The van der Waals surface area contributed by atoms with Gasteiger partial charge in [-0.2, -0.15) is 0 Å². The number of aromatic hydroxyl groups is 1. The van der Waals surface area contributed by atoms with Crippen molar-refractivity contribution < 1.29 is 10.2 Å². The summed E-state index contributed by atoms with van der Waals surface area (Å²) in [6.07, 6.45) is 5.39. The summed E-state index contributed by atoms with van der Waals surface area (Å²) in [6, 6.07) is 14.3. The summed E-state index contributed by atoms with van der Waals surface area (Å²) in [5.41, 5.74) is 6.70. The molecule has 2 aromatic carbocycles. The predicted octanol–water partition coefficient (Wildman–Crippen LogP) is 3.88. The SMILES string of the molecule is Oc1cccc(Cc2cccc3c4c([nH]c23)CC2CCN(CC3CC3O)CC2C4)c1. The summed E-state index contributed by atoms with van der Waals surface area (Å²) in [4.78, 5) is 6.41. The number of piperidine rings is 1. The van der Waals surface area contributed by atoms with Gasteiger partial charge in [-0.05, 0) is 85.2 Å². The first-order valence-corrected chi connectivity index (χ1v) is 11.4. The van der Waals surface area contributed by atoms with E-state index in [1.54, 1.807) is 6.07 Å². The Labute approximate surface area is 177 Å². The fourth-order valence-electron chi connectivity index (χ4n) is 5.93. The molecule has 156 valence electrons. The van der Waals surface area contributed by atoms with Crippen LogP contribution >= 0.6 is 0 Å². The van der Waals surface area contributed by atoms with Gasteiger partial charge in [0.05, 0.1) is 6.10 Å². The van der Waals surface area contributed by atoms with Crippen LogP contribution in [0.3, 0.4) is 0 Å². The number of aliphatic hydroxyl groups excluding tert-OH is 1. The van der Waals surface area contributed by atoms with Gasteiger partial charge in [0.25, 0.3) is 0 Å². The first-order valence-electron chi connectivity index (χ1n) is 11.4. The van der Waals surface area contributed by atoms with Crippen LogP contribution in [0, 0.1) is 17.8 Å². The maximum absolute atomic E-state index is 9.82. The molecule has 3 aromatic rings. The molecule has 2 fully saturated rings. The van der Waals surface area contributed by atoms with Gasteiger partial charge in [-0.25, -0.2) is 0 Å². The molecule has 2 heterocycles. The minimum absolute atomic E-state index is 0.0424. The number of hydrogen-bond donors (Lipinski definition) is 3. The Morgan fingerprint density at radius 3 is 2.77 bits per heavy atom. The summed E-state index contributed by atoms with van der Waals surface area (Å²) < 4.78 is 0. The highest BCUT2D eigenvalue weighted by Crippen LogP contribution is 2.41. The van der Waals surface area contributed by atoms with Crippen LogP contribution in [0.1, 0.15) is 35.2 Å². The number of fused-ring (bicyclic) bond motifs is 4. The molecule has 6 rings (SSSR count). The van der Waals surface area contributed by atoms with Gasteiger partial charge < -0.3 is 20.1 Å². The predicted molar refractivity (Wildman–Crippen MR) is 119 cm³/mol. The minimum Gasteiger partial charge on any atom is -0.508 e. The molecular weight excluding hydrogens is 372 g/mol. The molecule has 4 atom stereocenters. The fourth-order valence-corrected chi connectivity index (χ4v) is 5.93. The number of para-hydroxylation sites is 1. The molecule has 3 aliphatic rings. The summed E-state index contributed by atoms with van der Waals surface area (Å²) in [7, 11) is 0. The third kappa shape index (κ3) is 3.32. The molecule has 0 radical (unpaired) electrons. The summed E-state index contributed by atoms with van der Waals surface area (Å²) in [5.74, 6) is 2.36. The van der Waals surface area contributed by atoms with Gasteiger partial charge in [-0.3, -0.25) is 0 Å². The van der Waals surface area contributed by atoms with E-state index in [1.165, 1.54) is 60.1 Å². The van der Waals surface area contributed by atoms with Crippen LogP contribution in [-0.2, 0) is 19.3 Å². The molecule has 1 saturated heterocycles. The third-order valence-electron chi connectivity index (χ3n) is 7.71. The number of nitrogens with zero attached hydrogens (tertiary/aromatic N) is 1. The molecule has 2 aliphatic carbocycles. The standard InChI is InChI=1S/C26H30N2O2/c29-21-5-1-3-16(10-21)9-18-4-2-6-22-23-11-19-14-28(15-20-13-25(20)30)8-7-17(19)12-24(23)27-26(18)22/h1-6,10,17,19-20,25,27,29-30H,7-9,11-15H2. The van der Waals surface area contributed by atoms with E-state index in [0.717, 1.165) is 36.8 Å². The smallest absolute Gasteiger partial charge is 0.115 e. The number of nitrogens with one attached hydrogen (secondary N) is 1. The molecule has 4 nitrogen and oxygen atoms in total. The van der Waals surface area contributed by atoms with E-state index < -0.39 is 0 Å². The van der Waals surface area contributed by atoms with Crippen LogP contribution < -0.4 is 0 Å². The van der Waals surface area contributed by atoms with Crippen molar-refractivity contribution in [2.45, 2.75) is 38.2 Å². The quantitative estimate of drug-likeness (QED) is 0.621. The van der Waals surface area contributed by atoms with Gasteiger partial charge in [0.2, 0.25) is 0 Å². The van der Waals surface area contributed by atoms with E-state index in [2.05, 4.69) is 34.1 Å². The molecule has 1 aliphatic heterocycles. The maximum Gasteiger partial charge on any atom is 0.115 e. The molecule has 4 heteroatoms. The monoisotopic (exact) mass is 402 g/mol. The second kappa shape index (κ2) is 7.14. The number of benzene rings is 2. The normalized spacial score (nSPS) is 28.3. The lowest BCUT2D eigenvalue weighted by Gasteiger charge is -2.41. The van der Waals surface area contributed by atoms with E-state index >= 15 is 0 Å². The number of likely N-dealkylation sites (tertiary alicyclic amines) is 1. The van der Waals surface area contributed by atoms with Crippen LogP contribution in [-0.4, -0.2) is 45.8 Å². The molecular formula is C26H30N2O2. The van der Waals surface area contributed by atoms with Crippen molar-refractivity contribution >= 4 is 10.9 Å². The average Bonchev–Trinajstić information content (AvgIpc) is 3.29. The molecule has 0 bridgehead atoms. The Kier molecular flexibility index (Phi) is 4.39. The van der Waals surface area contributed by atoms with E-state index in [0.29, 0.717) is 11.7 Å². The zero-order valence-electron chi connectivity index (χ0n) is 17.3. The van der Waals surface area contributed by atoms with Gasteiger partial charge in [0.1, 0.15) is 5.75 Å². The van der Waals surface area contributed by atoms with Gasteiger partial charge in [-0.1, -0.05) is 30.3 Å². The van der Waals surface area contributed by atoms with Crippen molar-refractivity contribution in [1.82, 2.24) is 9.88 Å². The van der Waals surface area contributed by atoms with Gasteiger partial charge in [-0.15, -0.1) is 0 Å². The number of hydrogen-bond acceptors (Lipinski definition) is 3. The lowest BCUT2D eigenvalue weighted by Crippen LogP contribution is -2.44. The zero-order chi connectivity index (χ0) is 20.2. The lowest BCUT2D eigenvalue weighted by atomic mass is 9.74. The molecule has 1 saturated carbocycles. The van der Waals surface area contributed by atoms with Crippen molar-refractivity contribution in [1.29, 1.82) is 0 Å². The number of aromatic amines is 1. The zero-order valence-corrected chi connectivity index (χ0v) is 17.3. The number of H-pyrrole nitrogens is 1. The van der Waals surface area contributed by atoms with Crippen molar-refractivity contribution in [3.63, 3.8) is 0 Å². The highest BCUT2D eigenvalue weighted by atomic mass is 16.3. The van der Waals surface area contributed by atoms with Crippen molar-refractivity contribution in [2.24, 2.45) is 17.8 Å². The highest BCUT2D eigenvalue weighted by molar-refractivity contribution is 5.88. The van der Waals surface area contributed by atoms with Crippen LogP contribution in [0.25, 0.3) is 10.9 Å². The fraction of sp³-hybridized carbons (Fsp3) is 0.462. The number of phenols is 1. The van der Waals surface area contributed by atoms with Crippen molar-refractivity contribution in [3.8, 4) is 5.75 Å². The Morgan fingerprint density at radius 2 is 1.93 bits per heavy atom. The minimum atomic E-state index is -0.0424. The summed E-state index contributed by atoms with van der Waals surface area (Å²) >= 11 is 0. The van der Waals surface area contributed by atoms with Crippen LogP contribution in [0.2, 0.25) is 0 Å². The topological polar surface area (TPSA) is 59.5 Å². The lowest BCUT2D eigenvalue weighted by molar-refractivity contribution is 0.102. The first-order chi connectivity index (χ1) is 14.6. The second-order valence-electron chi connectivity index (χ2n) is 9.81. The van der Waals surface area contributed by atoms with E-state index in [-0.39, 0.29) is 6.10 Å². The van der Waals surface area contributed by atoms with Crippen LogP contribution in [0.15, 0.2) is 42.5 Å². The largest absolute Gasteiger partial charge is 0.508 e. The summed E-state index contributed by atoms with van der Waals surface area (Å²) in [6.45, 7) is 3.45. The Balaban J connectivity index is 1.27. The molecule has 3 N–H and O–H groups in total. The van der Waals surface area contributed by atoms with E-state index in [9.17, 15) is 10.2 Å². The molecule has 0 amide bonds. The van der Waals surface area contributed by atoms with Crippen molar-refractivity contribution in [2.75, 3.05) is 19.6 Å². The maximum atomic E-state index is 9.82. The average molecular weight is 403 g/mol. The van der Waals surface area contributed by atoms with E-state index in [4.69, 9.17) is 0 Å². The summed E-state index contributed by atoms with van der Waals surface area (Å²) in [5, 5.41) is 20.9. The van der Waals surface area contributed by atoms with Crippen molar-refractivity contribution in [3.05, 3.63) is 64.8 Å².